The Kier molecular flexibility index (Phi) is 3.21. The van der Waals surface area contributed by atoms with Gasteiger partial charge in [0, 0.05) is 23.5 Å². The van der Waals surface area contributed by atoms with Gasteiger partial charge in [-0.25, -0.2) is 4.39 Å². The molecule has 1 aromatic rings. The van der Waals surface area contributed by atoms with Gasteiger partial charge in [-0.2, -0.15) is 11.8 Å². The first-order valence-corrected chi connectivity index (χ1v) is 5.98. The lowest BCUT2D eigenvalue weighted by atomic mass is 10.1. The van der Waals surface area contributed by atoms with E-state index >= 15 is 0 Å². The van der Waals surface area contributed by atoms with Crippen LogP contribution in [-0.2, 0) is 4.79 Å². The summed E-state index contributed by atoms with van der Waals surface area (Å²) in [6.45, 7) is 0. The van der Waals surface area contributed by atoms with E-state index < -0.39 is 0 Å². The molecule has 3 heteroatoms. The SMILES string of the molecule is O=C1CCSC/C1=C/c1ccc(F)cc1. The predicted octanol–water partition coefficient (Wildman–Crippen LogP) is 2.92. The Bertz CT molecular complexity index is 395. The molecule has 0 atom stereocenters. The lowest BCUT2D eigenvalue weighted by Gasteiger charge is -2.11. The molecule has 1 fully saturated rings. The van der Waals surface area contributed by atoms with Crippen LogP contribution in [0.3, 0.4) is 0 Å². The number of rotatable bonds is 1. The van der Waals surface area contributed by atoms with Crippen molar-refractivity contribution in [1.29, 1.82) is 0 Å². The van der Waals surface area contributed by atoms with Gasteiger partial charge in [0.1, 0.15) is 5.82 Å². The number of hydrogen-bond donors (Lipinski definition) is 0. The van der Waals surface area contributed by atoms with E-state index in [4.69, 9.17) is 0 Å². The summed E-state index contributed by atoms with van der Waals surface area (Å²) in [5.74, 6) is 1.66. The first-order valence-electron chi connectivity index (χ1n) is 4.83. The number of ketones is 1. The summed E-state index contributed by atoms with van der Waals surface area (Å²) in [5, 5.41) is 0. The third kappa shape index (κ3) is 2.69. The van der Waals surface area contributed by atoms with Gasteiger partial charge >= 0.3 is 0 Å². The maximum atomic E-state index is 12.7. The zero-order chi connectivity index (χ0) is 10.7. The van der Waals surface area contributed by atoms with Crippen LogP contribution in [0, 0.1) is 5.82 Å². The Labute approximate surface area is 92.4 Å². The Morgan fingerprint density at radius 1 is 1.27 bits per heavy atom. The first kappa shape index (κ1) is 10.4. The summed E-state index contributed by atoms with van der Waals surface area (Å²) in [6, 6.07) is 6.20. The molecule has 1 aliphatic heterocycles. The highest BCUT2D eigenvalue weighted by atomic mass is 32.2. The van der Waals surface area contributed by atoms with Crippen LogP contribution in [0.15, 0.2) is 29.8 Å². The Morgan fingerprint density at radius 2 is 2.00 bits per heavy atom. The highest BCUT2D eigenvalue weighted by Gasteiger charge is 2.14. The Balaban J connectivity index is 2.21. The summed E-state index contributed by atoms with van der Waals surface area (Å²) in [4.78, 5) is 11.5. The molecule has 0 N–H and O–H groups in total. The molecule has 0 amide bonds. The topological polar surface area (TPSA) is 17.1 Å². The molecule has 1 nitrogen and oxygen atoms in total. The quantitative estimate of drug-likeness (QED) is 0.680. The van der Waals surface area contributed by atoms with Crippen LogP contribution in [-0.4, -0.2) is 17.3 Å². The summed E-state index contributed by atoms with van der Waals surface area (Å²) < 4.78 is 12.7. The molecule has 1 aromatic carbocycles. The molecule has 0 unspecified atom stereocenters. The average Bonchev–Trinajstić information content (AvgIpc) is 2.25. The highest BCUT2D eigenvalue weighted by Crippen LogP contribution is 2.21. The maximum absolute atomic E-state index is 12.7. The minimum absolute atomic E-state index is 0.220. The summed E-state index contributed by atoms with van der Waals surface area (Å²) in [5.41, 5.74) is 1.74. The molecule has 0 bridgehead atoms. The van der Waals surface area contributed by atoms with Gasteiger partial charge in [0.2, 0.25) is 0 Å². The summed E-state index contributed by atoms with van der Waals surface area (Å²) >= 11 is 1.77. The zero-order valence-corrected chi connectivity index (χ0v) is 9.02. The number of Topliss-reactive ketones (excluding diaryl/α,β-unsaturated/α-hetero) is 1. The van der Waals surface area contributed by atoms with E-state index in [0.717, 1.165) is 22.6 Å². The predicted molar refractivity (Wildman–Crippen MR) is 61.3 cm³/mol. The standard InChI is InChI=1S/C12H11FOS/c13-11-3-1-9(2-4-11)7-10-8-15-6-5-12(10)14/h1-4,7H,5-6,8H2/b10-7-. The van der Waals surface area contributed by atoms with Crippen molar-refractivity contribution in [2.24, 2.45) is 0 Å². The molecule has 1 saturated heterocycles. The normalized spacial score (nSPS) is 19.5. The minimum atomic E-state index is -0.249. The van der Waals surface area contributed by atoms with Crippen molar-refractivity contribution in [3.05, 3.63) is 41.2 Å². The van der Waals surface area contributed by atoms with E-state index in [9.17, 15) is 9.18 Å². The van der Waals surface area contributed by atoms with Crippen molar-refractivity contribution in [3.63, 3.8) is 0 Å². The lowest BCUT2D eigenvalue weighted by molar-refractivity contribution is -0.115. The van der Waals surface area contributed by atoms with Gasteiger partial charge in [-0.3, -0.25) is 4.79 Å². The number of benzene rings is 1. The highest BCUT2D eigenvalue weighted by molar-refractivity contribution is 7.99. The fourth-order valence-electron chi connectivity index (χ4n) is 1.47. The molecule has 15 heavy (non-hydrogen) atoms. The second-order valence-electron chi connectivity index (χ2n) is 3.45. The van der Waals surface area contributed by atoms with Crippen molar-refractivity contribution in [3.8, 4) is 0 Å². The molecule has 1 heterocycles. The van der Waals surface area contributed by atoms with E-state index in [-0.39, 0.29) is 11.6 Å². The van der Waals surface area contributed by atoms with Crippen molar-refractivity contribution in [2.45, 2.75) is 6.42 Å². The van der Waals surface area contributed by atoms with Crippen molar-refractivity contribution in [2.75, 3.05) is 11.5 Å². The molecule has 0 aromatic heterocycles. The average molecular weight is 222 g/mol. The van der Waals surface area contributed by atoms with Gasteiger partial charge < -0.3 is 0 Å². The van der Waals surface area contributed by atoms with E-state index in [2.05, 4.69) is 0 Å². The monoisotopic (exact) mass is 222 g/mol. The van der Waals surface area contributed by atoms with E-state index in [1.807, 2.05) is 6.08 Å². The van der Waals surface area contributed by atoms with Crippen molar-refractivity contribution >= 4 is 23.6 Å². The van der Waals surface area contributed by atoms with Crippen LogP contribution in [0.25, 0.3) is 6.08 Å². The van der Waals surface area contributed by atoms with Crippen LogP contribution in [0.4, 0.5) is 4.39 Å². The van der Waals surface area contributed by atoms with Crippen LogP contribution < -0.4 is 0 Å². The molecule has 0 spiro atoms. The Hall–Kier alpha value is -1.09. The third-order valence-electron chi connectivity index (χ3n) is 2.30. The minimum Gasteiger partial charge on any atom is -0.294 e. The van der Waals surface area contributed by atoms with Gasteiger partial charge in [-0.15, -0.1) is 0 Å². The van der Waals surface area contributed by atoms with Gasteiger partial charge in [0.05, 0.1) is 0 Å². The van der Waals surface area contributed by atoms with Crippen LogP contribution in [0.1, 0.15) is 12.0 Å². The van der Waals surface area contributed by atoms with E-state index in [0.29, 0.717) is 6.42 Å². The maximum Gasteiger partial charge on any atom is 0.160 e. The molecule has 2 rings (SSSR count). The second kappa shape index (κ2) is 4.62. The fraction of sp³-hybridized carbons (Fsp3) is 0.250. The fourth-order valence-corrected chi connectivity index (χ4v) is 2.41. The summed E-state index contributed by atoms with van der Waals surface area (Å²) in [6.07, 6.45) is 2.48. The number of carbonyl (C=O) groups is 1. The largest absolute Gasteiger partial charge is 0.294 e. The molecule has 0 saturated carbocycles. The van der Waals surface area contributed by atoms with Gasteiger partial charge in [-0.05, 0) is 23.8 Å². The number of carbonyl (C=O) groups excluding carboxylic acids is 1. The Morgan fingerprint density at radius 3 is 2.67 bits per heavy atom. The molecule has 0 aliphatic carbocycles. The number of thioether (sulfide) groups is 1. The van der Waals surface area contributed by atoms with Crippen LogP contribution >= 0.6 is 11.8 Å². The molecular formula is C12H11FOS. The molecular weight excluding hydrogens is 211 g/mol. The third-order valence-corrected chi connectivity index (χ3v) is 3.31. The number of hydrogen-bond acceptors (Lipinski definition) is 2. The zero-order valence-electron chi connectivity index (χ0n) is 8.20. The van der Waals surface area contributed by atoms with Crippen molar-refractivity contribution in [1.82, 2.24) is 0 Å². The smallest absolute Gasteiger partial charge is 0.160 e. The van der Waals surface area contributed by atoms with Gasteiger partial charge in [0.25, 0.3) is 0 Å². The van der Waals surface area contributed by atoms with Crippen molar-refractivity contribution < 1.29 is 9.18 Å². The summed E-state index contributed by atoms with van der Waals surface area (Å²) in [7, 11) is 0. The van der Waals surface area contributed by atoms with E-state index in [1.54, 1.807) is 23.9 Å². The number of halogens is 1. The molecule has 1 aliphatic rings. The van der Waals surface area contributed by atoms with Crippen LogP contribution in [0.5, 0.6) is 0 Å². The van der Waals surface area contributed by atoms with Gasteiger partial charge in [-0.1, -0.05) is 12.1 Å². The first-order chi connectivity index (χ1) is 7.25. The van der Waals surface area contributed by atoms with E-state index in [1.165, 1.54) is 12.1 Å². The second-order valence-corrected chi connectivity index (χ2v) is 4.55. The molecule has 78 valence electrons. The molecule has 0 radical (unpaired) electrons. The lowest BCUT2D eigenvalue weighted by Crippen LogP contribution is -2.11. The van der Waals surface area contributed by atoms with Crippen LogP contribution in [0.2, 0.25) is 0 Å². The van der Waals surface area contributed by atoms with Gasteiger partial charge in [0.15, 0.2) is 5.78 Å².